The molecule has 80 valence electrons. The number of hydrogen-bond acceptors (Lipinski definition) is 2. The molecule has 1 aromatic carbocycles. The largest absolute Gasteiger partial charge is 0.507 e. The summed E-state index contributed by atoms with van der Waals surface area (Å²) in [6.07, 6.45) is 2.62. The zero-order valence-corrected chi connectivity index (χ0v) is 7.71. The predicted molar refractivity (Wildman–Crippen MR) is 50.9 cm³/mol. The molecule has 0 bridgehead atoms. The molecule has 0 aromatic heterocycles. The zero-order chi connectivity index (χ0) is 11.4. The third kappa shape index (κ3) is 3.05. The molecule has 0 radical (unpaired) electrons. The summed E-state index contributed by atoms with van der Waals surface area (Å²) in [5, 5.41) is 9.21. The third-order valence-corrected chi connectivity index (χ3v) is 1.69. The molecule has 0 saturated carbocycles. The van der Waals surface area contributed by atoms with Crippen LogP contribution in [0.2, 0.25) is 0 Å². The minimum absolute atomic E-state index is 0.0293. The van der Waals surface area contributed by atoms with Crippen LogP contribution in [0.5, 0.6) is 5.75 Å². The maximum absolute atomic E-state index is 12.7. The summed E-state index contributed by atoms with van der Waals surface area (Å²) in [5.74, 6) is -3.13. The van der Waals surface area contributed by atoms with Crippen molar-refractivity contribution in [1.29, 1.82) is 0 Å². The molecule has 3 nitrogen and oxygen atoms in total. The highest BCUT2D eigenvalue weighted by Gasteiger charge is 2.06. The van der Waals surface area contributed by atoms with Gasteiger partial charge in [0.2, 0.25) is 5.91 Å². The summed E-state index contributed by atoms with van der Waals surface area (Å²) in [4.78, 5) is 10.4. The Bertz CT molecular complexity index is 416. The van der Waals surface area contributed by atoms with Crippen LogP contribution >= 0.6 is 0 Å². The van der Waals surface area contributed by atoms with Crippen LogP contribution in [0.4, 0.5) is 8.78 Å². The van der Waals surface area contributed by atoms with Gasteiger partial charge in [-0.05, 0) is 6.07 Å². The van der Waals surface area contributed by atoms with Gasteiger partial charge in [0, 0.05) is 18.1 Å². The Kier molecular flexibility index (Phi) is 3.38. The molecule has 0 saturated heterocycles. The van der Waals surface area contributed by atoms with Crippen LogP contribution in [-0.2, 0) is 4.79 Å². The van der Waals surface area contributed by atoms with E-state index in [0.717, 1.165) is 6.07 Å². The van der Waals surface area contributed by atoms with Crippen molar-refractivity contribution < 1.29 is 18.7 Å². The smallest absolute Gasteiger partial charge is 0.221 e. The van der Waals surface area contributed by atoms with Gasteiger partial charge < -0.3 is 10.8 Å². The summed E-state index contributed by atoms with van der Waals surface area (Å²) in [6, 6.07) is 1.50. The Morgan fingerprint density at radius 2 is 2.00 bits per heavy atom. The molecule has 0 aliphatic heterocycles. The second-order valence-electron chi connectivity index (χ2n) is 2.90. The summed E-state index contributed by atoms with van der Waals surface area (Å²) < 4.78 is 25.3. The third-order valence-electron chi connectivity index (χ3n) is 1.69. The number of primary amides is 1. The number of halogens is 2. The molecular weight excluding hydrogens is 204 g/mol. The van der Waals surface area contributed by atoms with E-state index in [1.165, 1.54) is 12.2 Å². The van der Waals surface area contributed by atoms with Crippen LogP contribution in [0.3, 0.4) is 0 Å². The summed E-state index contributed by atoms with van der Waals surface area (Å²) in [6.45, 7) is 0. The molecule has 0 atom stereocenters. The highest BCUT2D eigenvalue weighted by Crippen LogP contribution is 2.22. The van der Waals surface area contributed by atoms with Gasteiger partial charge in [-0.3, -0.25) is 4.79 Å². The van der Waals surface area contributed by atoms with Crippen LogP contribution in [0.15, 0.2) is 18.2 Å². The standard InChI is InChI=1S/C10H9F2NO2/c11-7-4-6(2-1-3-10(13)15)9(14)5-8(7)12/h1-2,4-5,14H,3H2,(H2,13,15). The monoisotopic (exact) mass is 213 g/mol. The Morgan fingerprint density at radius 3 is 2.60 bits per heavy atom. The van der Waals surface area contributed by atoms with E-state index < -0.39 is 23.3 Å². The van der Waals surface area contributed by atoms with E-state index in [2.05, 4.69) is 0 Å². The number of phenolic OH excluding ortho intramolecular Hbond substituents is 1. The minimum Gasteiger partial charge on any atom is -0.507 e. The minimum atomic E-state index is -1.13. The molecular formula is C10H9F2NO2. The lowest BCUT2D eigenvalue weighted by Gasteiger charge is -1.99. The van der Waals surface area contributed by atoms with Crippen LogP contribution < -0.4 is 5.73 Å². The molecule has 0 heterocycles. The lowest BCUT2D eigenvalue weighted by atomic mass is 10.1. The molecule has 0 spiro atoms. The first-order chi connectivity index (χ1) is 7.00. The van der Waals surface area contributed by atoms with Gasteiger partial charge in [0.15, 0.2) is 11.6 Å². The summed E-state index contributed by atoms with van der Waals surface area (Å²) in [7, 11) is 0. The van der Waals surface area contributed by atoms with E-state index in [1.54, 1.807) is 0 Å². The van der Waals surface area contributed by atoms with Crippen LogP contribution in [0, 0.1) is 11.6 Å². The fourth-order valence-electron chi connectivity index (χ4n) is 0.987. The molecule has 0 fully saturated rings. The Balaban J connectivity index is 2.90. The van der Waals surface area contributed by atoms with Gasteiger partial charge in [-0.1, -0.05) is 12.2 Å². The average Bonchev–Trinajstić information content (AvgIpc) is 2.13. The highest BCUT2D eigenvalue weighted by atomic mass is 19.2. The molecule has 1 aromatic rings. The molecule has 15 heavy (non-hydrogen) atoms. The number of phenols is 1. The van der Waals surface area contributed by atoms with E-state index in [1.807, 2.05) is 0 Å². The number of rotatable bonds is 3. The zero-order valence-electron chi connectivity index (χ0n) is 7.71. The topological polar surface area (TPSA) is 63.3 Å². The maximum atomic E-state index is 12.7. The number of aromatic hydroxyl groups is 1. The fraction of sp³-hybridized carbons (Fsp3) is 0.100. The highest BCUT2D eigenvalue weighted by molar-refractivity contribution is 5.76. The van der Waals surface area contributed by atoms with Crippen LogP contribution in [0.25, 0.3) is 6.08 Å². The molecule has 0 aliphatic rings. The Hall–Kier alpha value is -1.91. The number of amides is 1. The number of carbonyl (C=O) groups excluding carboxylic acids is 1. The fourth-order valence-corrected chi connectivity index (χ4v) is 0.987. The van der Waals surface area contributed by atoms with Gasteiger partial charge in [-0.15, -0.1) is 0 Å². The van der Waals surface area contributed by atoms with E-state index in [4.69, 9.17) is 5.73 Å². The number of nitrogens with two attached hydrogens (primary N) is 1. The van der Waals surface area contributed by atoms with Gasteiger partial charge in [0.05, 0.1) is 0 Å². The Labute approximate surface area is 84.8 Å². The number of benzene rings is 1. The SMILES string of the molecule is NC(=O)CC=Cc1cc(F)c(F)cc1O. The molecule has 1 amide bonds. The first-order valence-electron chi connectivity index (χ1n) is 4.13. The molecule has 3 N–H and O–H groups in total. The molecule has 0 unspecified atom stereocenters. The average molecular weight is 213 g/mol. The van der Waals surface area contributed by atoms with Crippen molar-refractivity contribution in [3.8, 4) is 5.75 Å². The van der Waals surface area contributed by atoms with Crippen LogP contribution in [-0.4, -0.2) is 11.0 Å². The van der Waals surface area contributed by atoms with E-state index in [9.17, 15) is 18.7 Å². The van der Waals surface area contributed by atoms with Crippen molar-refractivity contribution in [3.05, 3.63) is 35.4 Å². The lowest BCUT2D eigenvalue weighted by Crippen LogP contribution is -2.07. The molecule has 5 heteroatoms. The number of carbonyl (C=O) groups is 1. The first kappa shape index (κ1) is 11.2. The lowest BCUT2D eigenvalue weighted by molar-refractivity contribution is -0.117. The van der Waals surface area contributed by atoms with E-state index in [-0.39, 0.29) is 12.0 Å². The second-order valence-corrected chi connectivity index (χ2v) is 2.90. The maximum Gasteiger partial charge on any atom is 0.221 e. The van der Waals surface area contributed by atoms with Gasteiger partial charge in [-0.25, -0.2) is 8.78 Å². The molecule has 1 rings (SSSR count). The van der Waals surface area contributed by atoms with Crippen molar-refractivity contribution >= 4 is 12.0 Å². The van der Waals surface area contributed by atoms with Crippen molar-refractivity contribution in [2.45, 2.75) is 6.42 Å². The first-order valence-corrected chi connectivity index (χ1v) is 4.13. The van der Waals surface area contributed by atoms with E-state index >= 15 is 0 Å². The van der Waals surface area contributed by atoms with Gasteiger partial charge in [-0.2, -0.15) is 0 Å². The van der Waals surface area contributed by atoms with Gasteiger partial charge >= 0.3 is 0 Å². The number of hydrogen-bond donors (Lipinski definition) is 2. The Morgan fingerprint density at radius 1 is 1.40 bits per heavy atom. The molecule has 0 aliphatic carbocycles. The van der Waals surface area contributed by atoms with E-state index in [0.29, 0.717) is 6.07 Å². The normalized spacial score (nSPS) is 10.8. The van der Waals surface area contributed by atoms with Crippen molar-refractivity contribution in [3.63, 3.8) is 0 Å². The van der Waals surface area contributed by atoms with Crippen LogP contribution in [0.1, 0.15) is 12.0 Å². The van der Waals surface area contributed by atoms with Crippen molar-refractivity contribution in [1.82, 2.24) is 0 Å². The van der Waals surface area contributed by atoms with Gasteiger partial charge in [0.1, 0.15) is 5.75 Å². The van der Waals surface area contributed by atoms with Crippen molar-refractivity contribution in [2.75, 3.05) is 0 Å². The predicted octanol–water partition coefficient (Wildman–Crippen LogP) is 1.56. The van der Waals surface area contributed by atoms with Gasteiger partial charge in [0.25, 0.3) is 0 Å². The quantitative estimate of drug-likeness (QED) is 0.800. The second kappa shape index (κ2) is 4.54. The summed E-state index contributed by atoms with van der Waals surface area (Å²) in [5.41, 5.74) is 4.95. The summed E-state index contributed by atoms with van der Waals surface area (Å²) >= 11 is 0. The van der Waals surface area contributed by atoms with Crippen molar-refractivity contribution in [2.24, 2.45) is 5.73 Å².